The van der Waals surface area contributed by atoms with Crippen LogP contribution in [0.2, 0.25) is 0 Å². The summed E-state index contributed by atoms with van der Waals surface area (Å²) < 4.78 is 72.4. The van der Waals surface area contributed by atoms with E-state index >= 15 is 0 Å². The Morgan fingerprint density at radius 3 is 2.36 bits per heavy atom. The van der Waals surface area contributed by atoms with Crippen LogP contribution in [0, 0.1) is 0 Å². The van der Waals surface area contributed by atoms with E-state index in [4.69, 9.17) is 9.90 Å². The zero-order valence-corrected chi connectivity index (χ0v) is 14.7. The topological polar surface area (TPSA) is 82.0 Å². The number of alkyl halides is 6. The second-order valence-electron chi connectivity index (χ2n) is 5.97. The Morgan fingerprint density at radius 2 is 1.93 bits per heavy atom. The summed E-state index contributed by atoms with van der Waals surface area (Å²) in [5.41, 5.74) is 0.723. The molecule has 2 atom stereocenters. The molecule has 1 aliphatic rings. The minimum absolute atomic E-state index is 0.118. The van der Waals surface area contributed by atoms with Gasteiger partial charge in [0.2, 0.25) is 0 Å². The molecule has 2 rings (SSSR count). The van der Waals surface area contributed by atoms with Crippen LogP contribution in [-0.4, -0.2) is 66.4 Å². The van der Waals surface area contributed by atoms with Gasteiger partial charge in [-0.1, -0.05) is 12.1 Å². The number of nitrogens with one attached hydrogen (secondary N) is 1. The summed E-state index contributed by atoms with van der Waals surface area (Å²) in [5, 5.41) is 19.7. The van der Waals surface area contributed by atoms with E-state index in [0.717, 1.165) is 18.5 Å². The Morgan fingerprint density at radius 1 is 1.32 bits per heavy atom. The predicted molar refractivity (Wildman–Crippen MR) is 85.7 cm³/mol. The summed E-state index contributed by atoms with van der Waals surface area (Å²) in [4.78, 5) is 11.0. The van der Waals surface area contributed by atoms with Gasteiger partial charge in [0.1, 0.15) is 5.75 Å². The van der Waals surface area contributed by atoms with E-state index in [1.54, 1.807) is 19.2 Å². The van der Waals surface area contributed by atoms with E-state index in [0.29, 0.717) is 13.1 Å². The van der Waals surface area contributed by atoms with Crippen molar-refractivity contribution in [3.8, 4) is 5.75 Å². The molecule has 160 valence electrons. The van der Waals surface area contributed by atoms with Gasteiger partial charge in [0.05, 0.1) is 6.10 Å². The van der Waals surface area contributed by atoms with E-state index in [9.17, 15) is 31.4 Å². The Kier molecular flexibility index (Phi) is 8.51. The number of likely N-dealkylation sites (N-methyl/N-ethyl adjacent to an activating group) is 1. The Bertz CT molecular complexity index is 638. The minimum atomic E-state index is -5.08. The number of hydrogen-bond donors (Lipinski definition) is 3. The Labute approximate surface area is 156 Å². The molecule has 0 radical (unpaired) electrons. The van der Waals surface area contributed by atoms with Crippen molar-refractivity contribution >= 4 is 5.97 Å². The number of aliphatic hydroxyl groups is 1. The standard InChI is InChI=1S/C14H19F3N2O2.C2HF3O2/c1-18-13(9-19-6-5-11(20)8-19)10-3-2-4-12(7-10)21-14(15,16)17;3-2(4,5)1(6)7/h2-4,7,11,13,18,20H,5-6,8-9H2,1H3;(H,6,7)/t11-,13+;/m0./s1. The average molecular weight is 418 g/mol. The van der Waals surface area contributed by atoms with Crippen LogP contribution in [0.15, 0.2) is 24.3 Å². The number of benzene rings is 1. The highest BCUT2D eigenvalue weighted by atomic mass is 19.4. The van der Waals surface area contributed by atoms with Gasteiger partial charge in [-0.05, 0) is 31.2 Å². The number of nitrogens with zero attached hydrogens (tertiary/aromatic N) is 1. The fourth-order valence-electron chi connectivity index (χ4n) is 2.53. The van der Waals surface area contributed by atoms with Crippen LogP contribution in [0.5, 0.6) is 5.75 Å². The summed E-state index contributed by atoms with van der Waals surface area (Å²) in [6, 6.07) is 5.85. The van der Waals surface area contributed by atoms with Gasteiger partial charge in [0.15, 0.2) is 0 Å². The maximum absolute atomic E-state index is 12.3. The van der Waals surface area contributed by atoms with Gasteiger partial charge in [0, 0.05) is 25.7 Å². The molecule has 0 amide bonds. The Hall–Kier alpha value is -2.05. The number of halogens is 6. The van der Waals surface area contributed by atoms with Crippen LogP contribution in [0.1, 0.15) is 18.0 Å². The molecule has 0 unspecified atom stereocenters. The molecule has 0 aromatic heterocycles. The Balaban J connectivity index is 0.000000480. The lowest BCUT2D eigenvalue weighted by molar-refractivity contribution is -0.274. The largest absolute Gasteiger partial charge is 0.573 e. The molecule has 6 nitrogen and oxygen atoms in total. The maximum atomic E-state index is 12.3. The highest BCUT2D eigenvalue weighted by Gasteiger charge is 2.38. The van der Waals surface area contributed by atoms with Gasteiger partial charge in [-0.15, -0.1) is 13.2 Å². The van der Waals surface area contributed by atoms with Crippen molar-refractivity contribution in [2.24, 2.45) is 0 Å². The van der Waals surface area contributed by atoms with Gasteiger partial charge in [0.25, 0.3) is 0 Å². The van der Waals surface area contributed by atoms with Crippen LogP contribution in [-0.2, 0) is 4.79 Å². The summed E-state index contributed by atoms with van der Waals surface area (Å²) in [5.74, 6) is -2.98. The fraction of sp³-hybridized carbons (Fsp3) is 0.562. The van der Waals surface area contributed by atoms with Crippen LogP contribution < -0.4 is 10.1 Å². The molecular weight excluding hydrogens is 398 g/mol. The number of aliphatic carboxylic acids is 1. The molecule has 1 heterocycles. The van der Waals surface area contributed by atoms with Crippen molar-refractivity contribution in [2.45, 2.75) is 31.1 Å². The van der Waals surface area contributed by atoms with E-state index in [2.05, 4.69) is 15.0 Å². The van der Waals surface area contributed by atoms with Crippen LogP contribution in [0.25, 0.3) is 0 Å². The van der Waals surface area contributed by atoms with Crippen molar-refractivity contribution in [1.82, 2.24) is 10.2 Å². The normalized spacial score (nSPS) is 18.9. The monoisotopic (exact) mass is 418 g/mol. The molecule has 1 fully saturated rings. The molecule has 12 heteroatoms. The number of aliphatic hydroxyl groups excluding tert-OH is 1. The van der Waals surface area contributed by atoms with E-state index in [-0.39, 0.29) is 17.9 Å². The van der Waals surface area contributed by atoms with Gasteiger partial charge in [-0.25, -0.2) is 4.79 Å². The third-order valence-corrected chi connectivity index (χ3v) is 3.77. The van der Waals surface area contributed by atoms with Crippen molar-refractivity contribution in [3.63, 3.8) is 0 Å². The van der Waals surface area contributed by atoms with Crippen LogP contribution >= 0.6 is 0 Å². The first-order valence-electron chi connectivity index (χ1n) is 8.05. The molecule has 1 aliphatic heterocycles. The van der Waals surface area contributed by atoms with Gasteiger partial charge in [-0.2, -0.15) is 13.2 Å². The van der Waals surface area contributed by atoms with Crippen molar-refractivity contribution in [2.75, 3.05) is 26.7 Å². The molecule has 0 bridgehead atoms. The highest BCUT2D eigenvalue weighted by Crippen LogP contribution is 2.26. The lowest BCUT2D eigenvalue weighted by Gasteiger charge is -2.24. The second kappa shape index (κ2) is 9.94. The van der Waals surface area contributed by atoms with E-state index < -0.39 is 18.5 Å². The summed E-state index contributed by atoms with van der Waals surface area (Å²) in [7, 11) is 1.76. The summed E-state index contributed by atoms with van der Waals surface area (Å²) >= 11 is 0. The molecule has 1 aromatic rings. The summed E-state index contributed by atoms with van der Waals surface area (Å²) in [6.07, 6.45) is -9.36. The lowest BCUT2D eigenvalue weighted by Crippen LogP contribution is -2.33. The lowest BCUT2D eigenvalue weighted by atomic mass is 10.1. The van der Waals surface area contributed by atoms with E-state index in [1.807, 2.05) is 0 Å². The van der Waals surface area contributed by atoms with Crippen molar-refractivity contribution in [1.29, 1.82) is 0 Å². The van der Waals surface area contributed by atoms with Crippen molar-refractivity contribution < 1.29 is 46.1 Å². The molecule has 1 saturated heterocycles. The number of carbonyl (C=O) groups is 1. The van der Waals surface area contributed by atoms with Crippen LogP contribution in [0.4, 0.5) is 26.3 Å². The number of ether oxygens (including phenoxy) is 1. The molecule has 0 spiro atoms. The predicted octanol–water partition coefficient (Wildman–Crippen LogP) is 2.55. The highest BCUT2D eigenvalue weighted by molar-refractivity contribution is 5.73. The summed E-state index contributed by atoms with van der Waals surface area (Å²) in [6.45, 7) is 2.01. The van der Waals surface area contributed by atoms with Crippen molar-refractivity contribution in [3.05, 3.63) is 29.8 Å². The van der Waals surface area contributed by atoms with E-state index in [1.165, 1.54) is 12.1 Å². The number of carboxylic acids is 1. The third kappa shape index (κ3) is 8.76. The first kappa shape index (κ1) is 24.0. The SMILES string of the molecule is CN[C@H](CN1CC[C@H](O)C1)c1cccc(OC(F)(F)F)c1.O=C(O)C(F)(F)F. The zero-order chi connectivity index (χ0) is 21.5. The molecule has 3 N–H and O–H groups in total. The average Bonchev–Trinajstić information content (AvgIpc) is 2.96. The molecule has 28 heavy (non-hydrogen) atoms. The second-order valence-corrected chi connectivity index (χ2v) is 5.97. The first-order chi connectivity index (χ1) is 12.8. The number of likely N-dealkylation sites (tertiary alicyclic amines) is 1. The third-order valence-electron chi connectivity index (χ3n) is 3.77. The van der Waals surface area contributed by atoms with Gasteiger partial charge < -0.3 is 20.3 Å². The number of carboxylic acid groups (broad SMARTS) is 1. The van der Waals surface area contributed by atoms with Gasteiger partial charge in [-0.3, -0.25) is 4.90 Å². The fourth-order valence-corrected chi connectivity index (χ4v) is 2.53. The molecule has 0 saturated carbocycles. The zero-order valence-electron chi connectivity index (χ0n) is 14.7. The molecule has 0 aliphatic carbocycles. The van der Waals surface area contributed by atoms with Crippen LogP contribution in [0.3, 0.4) is 0 Å². The number of β-amino-alcohol motifs (C(OH)–C–C–N with tert-alkyl or cyclic N) is 1. The first-order valence-corrected chi connectivity index (χ1v) is 8.05. The maximum Gasteiger partial charge on any atom is 0.573 e. The number of hydrogen-bond acceptors (Lipinski definition) is 5. The smallest absolute Gasteiger partial charge is 0.475 e. The minimum Gasteiger partial charge on any atom is -0.475 e. The molecule has 1 aromatic carbocycles. The quantitative estimate of drug-likeness (QED) is 0.638. The van der Waals surface area contributed by atoms with Gasteiger partial charge >= 0.3 is 18.5 Å². The number of rotatable bonds is 5. The molecular formula is C16H20F6N2O4.